The summed E-state index contributed by atoms with van der Waals surface area (Å²) in [6.07, 6.45) is 8.61. The van der Waals surface area contributed by atoms with Crippen molar-refractivity contribution in [1.82, 2.24) is 4.98 Å². The number of anilines is 1. The Hall–Kier alpha value is -1.09. The number of aromatic nitrogens is 1. The molecule has 0 unspecified atom stereocenters. The minimum Gasteiger partial charge on any atom is -0.396 e. The summed E-state index contributed by atoms with van der Waals surface area (Å²) in [6.45, 7) is 6.87. The van der Waals surface area contributed by atoms with Crippen LogP contribution in [0.4, 0.5) is 5.82 Å². The van der Waals surface area contributed by atoms with E-state index in [-0.39, 0.29) is 6.61 Å². The van der Waals surface area contributed by atoms with E-state index >= 15 is 0 Å². The van der Waals surface area contributed by atoms with E-state index in [1.54, 1.807) is 0 Å². The Morgan fingerprint density at radius 2 is 1.89 bits per heavy atom. The third-order valence-corrected chi connectivity index (χ3v) is 3.28. The molecule has 0 aliphatic carbocycles. The lowest BCUT2D eigenvalue weighted by atomic mass is 10.1. The Balaban J connectivity index is 2.57. The van der Waals surface area contributed by atoms with Crippen LogP contribution in [0.25, 0.3) is 0 Å². The number of hydrogen-bond donors (Lipinski definition) is 1. The van der Waals surface area contributed by atoms with Crippen molar-refractivity contribution in [2.75, 3.05) is 24.6 Å². The molecular formula is C16H28N2O. The van der Waals surface area contributed by atoms with Crippen molar-refractivity contribution < 1.29 is 5.11 Å². The van der Waals surface area contributed by atoms with Gasteiger partial charge in [-0.25, -0.2) is 4.98 Å². The number of rotatable bonds is 10. The van der Waals surface area contributed by atoms with Gasteiger partial charge in [0, 0.05) is 25.9 Å². The van der Waals surface area contributed by atoms with Crippen LogP contribution in [-0.4, -0.2) is 29.8 Å². The molecule has 19 heavy (non-hydrogen) atoms. The van der Waals surface area contributed by atoms with Gasteiger partial charge in [-0.1, -0.05) is 32.8 Å². The molecule has 0 radical (unpaired) electrons. The van der Waals surface area contributed by atoms with Crippen LogP contribution in [0.2, 0.25) is 0 Å². The van der Waals surface area contributed by atoms with Crippen molar-refractivity contribution in [3.8, 4) is 0 Å². The second kappa shape index (κ2) is 9.79. The van der Waals surface area contributed by atoms with E-state index in [0.29, 0.717) is 0 Å². The molecule has 0 aromatic carbocycles. The van der Waals surface area contributed by atoms with Gasteiger partial charge < -0.3 is 10.0 Å². The van der Waals surface area contributed by atoms with Crippen molar-refractivity contribution in [3.05, 3.63) is 23.9 Å². The molecule has 108 valence electrons. The van der Waals surface area contributed by atoms with Crippen LogP contribution in [0.5, 0.6) is 0 Å². The first kappa shape index (κ1) is 16.0. The molecule has 1 heterocycles. The molecule has 0 aliphatic heterocycles. The molecule has 3 heteroatoms. The van der Waals surface area contributed by atoms with E-state index in [9.17, 15) is 0 Å². The molecule has 3 nitrogen and oxygen atoms in total. The van der Waals surface area contributed by atoms with Crippen molar-refractivity contribution in [3.63, 3.8) is 0 Å². The molecule has 0 fully saturated rings. The van der Waals surface area contributed by atoms with E-state index in [4.69, 9.17) is 5.11 Å². The van der Waals surface area contributed by atoms with Gasteiger partial charge in [0.25, 0.3) is 0 Å². The fourth-order valence-corrected chi connectivity index (χ4v) is 2.20. The first-order valence-corrected chi connectivity index (χ1v) is 7.62. The first-order valence-electron chi connectivity index (χ1n) is 7.62. The highest BCUT2D eigenvalue weighted by atomic mass is 16.2. The summed E-state index contributed by atoms with van der Waals surface area (Å²) in [5.74, 6) is 1.09. The van der Waals surface area contributed by atoms with E-state index in [1.807, 2.05) is 6.20 Å². The summed E-state index contributed by atoms with van der Waals surface area (Å²) in [7, 11) is 0. The highest BCUT2D eigenvalue weighted by Gasteiger charge is 2.06. The average molecular weight is 264 g/mol. The quantitative estimate of drug-likeness (QED) is 0.658. The second-order valence-corrected chi connectivity index (χ2v) is 5.05. The van der Waals surface area contributed by atoms with Crippen molar-refractivity contribution in [2.24, 2.45) is 0 Å². The van der Waals surface area contributed by atoms with E-state index in [1.165, 1.54) is 24.8 Å². The lowest BCUT2D eigenvalue weighted by molar-refractivity contribution is 0.288. The molecule has 0 saturated carbocycles. The van der Waals surface area contributed by atoms with Crippen LogP contribution >= 0.6 is 0 Å². The van der Waals surface area contributed by atoms with Crippen LogP contribution in [0.1, 0.15) is 51.5 Å². The minimum absolute atomic E-state index is 0.251. The zero-order valence-electron chi connectivity index (χ0n) is 12.4. The number of pyridine rings is 1. The van der Waals surface area contributed by atoms with Gasteiger partial charge in [0.1, 0.15) is 5.82 Å². The van der Waals surface area contributed by atoms with Crippen LogP contribution < -0.4 is 4.90 Å². The summed E-state index contributed by atoms with van der Waals surface area (Å²) < 4.78 is 0. The number of aliphatic hydroxyl groups is 1. The summed E-state index contributed by atoms with van der Waals surface area (Å²) in [5, 5.41) is 8.83. The van der Waals surface area contributed by atoms with Gasteiger partial charge in [0.15, 0.2) is 0 Å². The van der Waals surface area contributed by atoms with E-state index in [2.05, 4.69) is 35.9 Å². The molecule has 1 rings (SSSR count). The minimum atomic E-state index is 0.251. The highest BCUT2D eigenvalue weighted by molar-refractivity contribution is 5.39. The number of aliphatic hydroxyl groups excluding tert-OH is 1. The predicted octanol–water partition coefficient (Wildman–Crippen LogP) is 3.41. The normalized spacial score (nSPS) is 10.7. The van der Waals surface area contributed by atoms with Gasteiger partial charge in [-0.2, -0.15) is 0 Å². The van der Waals surface area contributed by atoms with Gasteiger partial charge in [0.05, 0.1) is 0 Å². The van der Waals surface area contributed by atoms with E-state index < -0.39 is 0 Å². The molecule has 1 N–H and O–H groups in total. The SMILES string of the molecule is CCCCCN(CCC)c1ccc(CCCO)cn1. The fourth-order valence-electron chi connectivity index (χ4n) is 2.20. The van der Waals surface area contributed by atoms with Gasteiger partial charge in [0.2, 0.25) is 0 Å². The monoisotopic (exact) mass is 264 g/mol. The Labute approximate surface area is 117 Å². The topological polar surface area (TPSA) is 36.4 Å². The Morgan fingerprint density at radius 3 is 2.47 bits per heavy atom. The maximum atomic E-state index is 8.83. The van der Waals surface area contributed by atoms with Crippen LogP contribution in [0.15, 0.2) is 18.3 Å². The first-order chi connectivity index (χ1) is 9.31. The van der Waals surface area contributed by atoms with Crippen molar-refractivity contribution in [1.29, 1.82) is 0 Å². The van der Waals surface area contributed by atoms with Crippen molar-refractivity contribution >= 4 is 5.82 Å². The number of unbranched alkanes of at least 4 members (excludes halogenated alkanes) is 2. The van der Waals surface area contributed by atoms with Gasteiger partial charge in [-0.05, 0) is 37.3 Å². The van der Waals surface area contributed by atoms with Crippen LogP contribution in [0, 0.1) is 0 Å². The van der Waals surface area contributed by atoms with Crippen LogP contribution in [0.3, 0.4) is 0 Å². The number of hydrogen-bond acceptors (Lipinski definition) is 3. The Bertz CT molecular complexity index is 324. The molecule has 0 atom stereocenters. The smallest absolute Gasteiger partial charge is 0.128 e. The van der Waals surface area contributed by atoms with Crippen LogP contribution in [-0.2, 0) is 6.42 Å². The average Bonchev–Trinajstić information content (AvgIpc) is 2.45. The third kappa shape index (κ3) is 6.06. The zero-order chi connectivity index (χ0) is 13.9. The van der Waals surface area contributed by atoms with E-state index in [0.717, 1.165) is 38.2 Å². The summed E-state index contributed by atoms with van der Waals surface area (Å²) >= 11 is 0. The summed E-state index contributed by atoms with van der Waals surface area (Å²) in [5.41, 5.74) is 1.21. The standard InChI is InChI=1S/C16H28N2O/c1-3-5-6-12-18(11-4-2)16-10-9-15(14-17-16)8-7-13-19/h9-10,14,19H,3-8,11-13H2,1-2H3. The molecule has 0 saturated heterocycles. The molecule has 1 aromatic rings. The molecule has 0 bridgehead atoms. The lowest BCUT2D eigenvalue weighted by Gasteiger charge is -2.23. The maximum absolute atomic E-state index is 8.83. The summed E-state index contributed by atoms with van der Waals surface area (Å²) in [4.78, 5) is 6.95. The van der Waals surface area contributed by atoms with Gasteiger partial charge >= 0.3 is 0 Å². The number of nitrogens with zero attached hydrogens (tertiary/aromatic N) is 2. The third-order valence-electron chi connectivity index (χ3n) is 3.28. The molecule has 0 spiro atoms. The predicted molar refractivity (Wildman–Crippen MR) is 81.7 cm³/mol. The Kier molecular flexibility index (Phi) is 8.23. The fraction of sp³-hybridized carbons (Fsp3) is 0.688. The summed E-state index contributed by atoms with van der Waals surface area (Å²) in [6, 6.07) is 4.26. The van der Waals surface area contributed by atoms with Gasteiger partial charge in [-0.15, -0.1) is 0 Å². The molecule has 0 aliphatic rings. The van der Waals surface area contributed by atoms with Gasteiger partial charge in [-0.3, -0.25) is 0 Å². The number of aryl methyl sites for hydroxylation is 1. The zero-order valence-corrected chi connectivity index (χ0v) is 12.4. The second-order valence-electron chi connectivity index (χ2n) is 5.05. The highest BCUT2D eigenvalue weighted by Crippen LogP contribution is 2.14. The molecule has 0 amide bonds. The maximum Gasteiger partial charge on any atom is 0.128 e. The lowest BCUT2D eigenvalue weighted by Crippen LogP contribution is -2.26. The largest absolute Gasteiger partial charge is 0.396 e. The molecular weight excluding hydrogens is 236 g/mol. The molecule has 1 aromatic heterocycles. The van der Waals surface area contributed by atoms with Crippen molar-refractivity contribution in [2.45, 2.75) is 52.4 Å². The Morgan fingerprint density at radius 1 is 1.05 bits per heavy atom.